The summed E-state index contributed by atoms with van der Waals surface area (Å²) < 4.78 is 0. The molecule has 1 heterocycles. The van der Waals surface area contributed by atoms with Crippen LogP contribution in [0.25, 0.3) is 0 Å². The van der Waals surface area contributed by atoms with Crippen LogP contribution in [0.15, 0.2) is 18.2 Å². The van der Waals surface area contributed by atoms with E-state index in [1.807, 2.05) is 0 Å². The Labute approximate surface area is 109 Å². The van der Waals surface area contributed by atoms with Crippen LogP contribution in [-0.4, -0.2) is 22.9 Å². The molecule has 6 heteroatoms. The molecule has 0 aliphatic carbocycles. The number of nitrogens with zero attached hydrogens (tertiary/aromatic N) is 1. The molecule has 1 aliphatic rings. The van der Waals surface area contributed by atoms with Gasteiger partial charge in [-0.05, 0) is 31.0 Å². The summed E-state index contributed by atoms with van der Waals surface area (Å²) in [5.41, 5.74) is 6.16. The third-order valence-corrected chi connectivity index (χ3v) is 3.05. The maximum Gasteiger partial charge on any atom is 0.335 e. The third kappa shape index (κ3) is 2.57. The summed E-state index contributed by atoms with van der Waals surface area (Å²) in [5.74, 6) is -1.69. The summed E-state index contributed by atoms with van der Waals surface area (Å²) >= 11 is 0. The van der Waals surface area contributed by atoms with Crippen LogP contribution in [0.3, 0.4) is 0 Å². The van der Waals surface area contributed by atoms with Crippen molar-refractivity contribution in [3.8, 4) is 0 Å². The smallest absolute Gasteiger partial charge is 0.335 e. The Hall–Kier alpha value is -2.37. The number of benzene rings is 1. The Balaban J connectivity index is 2.42. The van der Waals surface area contributed by atoms with Gasteiger partial charge in [-0.15, -0.1) is 0 Å². The normalized spacial score (nSPS) is 16.3. The van der Waals surface area contributed by atoms with Crippen LogP contribution in [0.5, 0.6) is 0 Å². The molecule has 0 bridgehead atoms. The molecule has 0 spiro atoms. The molecule has 0 saturated carbocycles. The van der Waals surface area contributed by atoms with Crippen molar-refractivity contribution in [3.05, 3.63) is 23.8 Å². The summed E-state index contributed by atoms with van der Waals surface area (Å²) in [6, 6.07) is 3.99. The van der Waals surface area contributed by atoms with Crippen molar-refractivity contribution in [1.29, 1.82) is 0 Å². The minimum atomic E-state index is -1.10. The number of hydrogen-bond donors (Lipinski definition) is 2. The van der Waals surface area contributed by atoms with Gasteiger partial charge in [0.05, 0.1) is 16.9 Å². The van der Waals surface area contributed by atoms with Gasteiger partial charge >= 0.3 is 5.97 Å². The molecule has 2 amide bonds. The maximum absolute atomic E-state index is 11.9. The van der Waals surface area contributed by atoms with Gasteiger partial charge in [0.15, 0.2) is 0 Å². The van der Waals surface area contributed by atoms with E-state index < -0.39 is 5.97 Å². The summed E-state index contributed by atoms with van der Waals surface area (Å²) in [6.45, 7) is 0. The van der Waals surface area contributed by atoms with E-state index in [-0.39, 0.29) is 28.8 Å². The number of imide groups is 1. The molecule has 0 aromatic heterocycles. The number of carboxylic acids is 1. The Morgan fingerprint density at radius 1 is 1.16 bits per heavy atom. The minimum absolute atomic E-state index is 0.0240. The molecule has 2 rings (SSSR count). The number of hydrogen-bond acceptors (Lipinski definition) is 4. The van der Waals surface area contributed by atoms with Crippen molar-refractivity contribution in [2.24, 2.45) is 0 Å². The van der Waals surface area contributed by atoms with Crippen LogP contribution in [0, 0.1) is 0 Å². The molecule has 1 fully saturated rings. The first kappa shape index (κ1) is 13.1. The molecule has 19 heavy (non-hydrogen) atoms. The predicted octanol–water partition coefficient (Wildman–Crippen LogP) is 1.40. The van der Waals surface area contributed by atoms with E-state index in [1.165, 1.54) is 18.2 Å². The zero-order valence-corrected chi connectivity index (χ0v) is 10.3. The van der Waals surface area contributed by atoms with Crippen LogP contribution in [0.2, 0.25) is 0 Å². The minimum Gasteiger partial charge on any atom is -0.478 e. The van der Waals surface area contributed by atoms with Crippen LogP contribution in [0.1, 0.15) is 36.0 Å². The molecule has 1 aliphatic heterocycles. The highest BCUT2D eigenvalue weighted by Crippen LogP contribution is 2.28. The van der Waals surface area contributed by atoms with Crippen molar-refractivity contribution >= 4 is 29.2 Å². The first-order valence-electron chi connectivity index (χ1n) is 5.99. The van der Waals surface area contributed by atoms with E-state index in [9.17, 15) is 14.4 Å². The van der Waals surface area contributed by atoms with Crippen LogP contribution < -0.4 is 10.6 Å². The highest BCUT2D eigenvalue weighted by atomic mass is 16.4. The molecule has 1 saturated heterocycles. The van der Waals surface area contributed by atoms with Gasteiger partial charge in [-0.3, -0.25) is 9.59 Å². The average Bonchev–Trinajstić information content (AvgIpc) is 2.51. The van der Waals surface area contributed by atoms with E-state index in [0.29, 0.717) is 25.7 Å². The first-order chi connectivity index (χ1) is 9.00. The van der Waals surface area contributed by atoms with Crippen molar-refractivity contribution in [2.75, 3.05) is 10.6 Å². The molecule has 3 N–H and O–H groups in total. The number of nitrogens with two attached hydrogens (primary N) is 1. The fraction of sp³-hybridized carbons (Fsp3) is 0.308. The van der Waals surface area contributed by atoms with E-state index in [0.717, 1.165) is 4.90 Å². The molecule has 1 aromatic carbocycles. The van der Waals surface area contributed by atoms with E-state index in [4.69, 9.17) is 10.8 Å². The maximum atomic E-state index is 11.9. The van der Waals surface area contributed by atoms with Crippen molar-refractivity contribution in [2.45, 2.75) is 25.7 Å². The third-order valence-electron chi connectivity index (χ3n) is 3.05. The molecular weight excluding hydrogens is 248 g/mol. The average molecular weight is 262 g/mol. The number of amides is 2. The van der Waals surface area contributed by atoms with Crippen molar-refractivity contribution < 1.29 is 19.5 Å². The Morgan fingerprint density at radius 2 is 1.74 bits per heavy atom. The Kier molecular flexibility index (Phi) is 3.50. The van der Waals surface area contributed by atoms with E-state index in [2.05, 4.69) is 0 Å². The molecule has 1 aromatic rings. The van der Waals surface area contributed by atoms with Gasteiger partial charge in [-0.25, -0.2) is 9.69 Å². The highest BCUT2D eigenvalue weighted by molar-refractivity contribution is 6.17. The predicted molar refractivity (Wildman–Crippen MR) is 68.8 cm³/mol. The number of carboxylic acid groups (broad SMARTS) is 1. The number of rotatable bonds is 2. The zero-order chi connectivity index (χ0) is 14.0. The molecule has 0 unspecified atom stereocenters. The van der Waals surface area contributed by atoms with Gasteiger partial charge < -0.3 is 10.8 Å². The van der Waals surface area contributed by atoms with Gasteiger partial charge in [0, 0.05) is 12.8 Å². The molecule has 6 nitrogen and oxygen atoms in total. The Morgan fingerprint density at radius 3 is 2.21 bits per heavy atom. The second-order valence-corrected chi connectivity index (χ2v) is 4.41. The Bertz CT molecular complexity index is 536. The number of carbonyl (C=O) groups excluding carboxylic acids is 2. The number of nitrogen functional groups attached to an aromatic ring is 1. The summed E-state index contributed by atoms with van der Waals surface area (Å²) in [4.78, 5) is 35.7. The highest BCUT2D eigenvalue weighted by Gasteiger charge is 2.27. The van der Waals surface area contributed by atoms with Crippen LogP contribution in [0.4, 0.5) is 11.4 Å². The largest absolute Gasteiger partial charge is 0.478 e. The SMILES string of the molecule is Nc1cc(C(=O)O)ccc1N1C(=O)CCCCC1=O. The standard InChI is InChI=1S/C13H14N2O4/c14-9-7-8(13(18)19)5-6-10(9)15-11(16)3-1-2-4-12(15)17/h5-7H,1-4,14H2,(H,18,19). The van der Waals surface area contributed by atoms with Gasteiger partial charge in [-0.1, -0.05) is 0 Å². The lowest BCUT2D eigenvalue weighted by Gasteiger charge is -2.20. The lowest BCUT2D eigenvalue weighted by atomic mass is 10.1. The lowest BCUT2D eigenvalue weighted by molar-refractivity contribution is -0.125. The molecule has 100 valence electrons. The van der Waals surface area contributed by atoms with E-state index in [1.54, 1.807) is 0 Å². The van der Waals surface area contributed by atoms with E-state index >= 15 is 0 Å². The van der Waals surface area contributed by atoms with Gasteiger partial charge in [0.1, 0.15) is 0 Å². The summed E-state index contributed by atoms with van der Waals surface area (Å²) in [5, 5.41) is 8.86. The summed E-state index contributed by atoms with van der Waals surface area (Å²) in [7, 11) is 0. The quantitative estimate of drug-likeness (QED) is 0.619. The van der Waals surface area contributed by atoms with Crippen molar-refractivity contribution in [1.82, 2.24) is 0 Å². The van der Waals surface area contributed by atoms with Crippen molar-refractivity contribution in [3.63, 3.8) is 0 Å². The zero-order valence-electron chi connectivity index (χ0n) is 10.3. The fourth-order valence-corrected chi connectivity index (χ4v) is 2.08. The topological polar surface area (TPSA) is 101 Å². The summed E-state index contributed by atoms with van der Waals surface area (Å²) in [6.07, 6.45) is 1.94. The second-order valence-electron chi connectivity index (χ2n) is 4.41. The van der Waals surface area contributed by atoms with Gasteiger partial charge in [-0.2, -0.15) is 0 Å². The molecule has 0 atom stereocenters. The lowest BCUT2D eigenvalue weighted by Crippen LogP contribution is -2.35. The van der Waals surface area contributed by atoms with Gasteiger partial charge in [0.2, 0.25) is 11.8 Å². The monoisotopic (exact) mass is 262 g/mol. The van der Waals surface area contributed by atoms with Crippen LogP contribution >= 0.6 is 0 Å². The fourth-order valence-electron chi connectivity index (χ4n) is 2.08. The number of anilines is 2. The number of carbonyl (C=O) groups is 3. The second kappa shape index (κ2) is 5.09. The van der Waals surface area contributed by atoms with Crippen LogP contribution in [-0.2, 0) is 9.59 Å². The number of aromatic carboxylic acids is 1. The van der Waals surface area contributed by atoms with Gasteiger partial charge in [0.25, 0.3) is 0 Å². The molecule has 0 radical (unpaired) electrons. The molecular formula is C13H14N2O4. The first-order valence-corrected chi connectivity index (χ1v) is 5.99.